The third-order valence-electron chi connectivity index (χ3n) is 4.79. The van der Waals surface area contributed by atoms with Crippen molar-refractivity contribution in [1.29, 1.82) is 0 Å². The van der Waals surface area contributed by atoms with E-state index in [1.807, 2.05) is 24.3 Å². The molecular formula is C20H20FN3O. The van der Waals surface area contributed by atoms with E-state index < -0.39 is 0 Å². The Morgan fingerprint density at radius 3 is 2.72 bits per heavy atom. The van der Waals surface area contributed by atoms with Crippen molar-refractivity contribution >= 4 is 16.8 Å². The van der Waals surface area contributed by atoms with Crippen molar-refractivity contribution < 1.29 is 9.18 Å². The van der Waals surface area contributed by atoms with Gasteiger partial charge in [0.25, 0.3) is 5.91 Å². The molecule has 0 radical (unpaired) electrons. The van der Waals surface area contributed by atoms with Crippen LogP contribution in [0.5, 0.6) is 0 Å². The number of rotatable bonds is 3. The third kappa shape index (κ3) is 3.15. The zero-order valence-electron chi connectivity index (χ0n) is 13.8. The second-order valence-corrected chi connectivity index (χ2v) is 6.44. The van der Waals surface area contributed by atoms with Crippen LogP contribution in [0.2, 0.25) is 0 Å². The van der Waals surface area contributed by atoms with Crippen molar-refractivity contribution in [3.05, 3.63) is 60.0 Å². The number of nitrogens with one attached hydrogen (secondary N) is 3. The Morgan fingerprint density at radius 2 is 1.92 bits per heavy atom. The first kappa shape index (κ1) is 15.8. The number of aromatic nitrogens is 1. The molecule has 5 heteroatoms. The van der Waals surface area contributed by atoms with Crippen molar-refractivity contribution in [2.45, 2.75) is 18.9 Å². The van der Waals surface area contributed by atoms with E-state index in [0.717, 1.165) is 42.4 Å². The van der Waals surface area contributed by atoms with Crippen LogP contribution < -0.4 is 10.6 Å². The highest BCUT2D eigenvalue weighted by Crippen LogP contribution is 2.28. The van der Waals surface area contributed by atoms with Crippen LogP contribution in [0.1, 0.15) is 23.2 Å². The van der Waals surface area contributed by atoms with Crippen LogP contribution in [0.15, 0.2) is 48.7 Å². The van der Waals surface area contributed by atoms with Crippen LogP contribution in [0.25, 0.3) is 22.0 Å². The van der Waals surface area contributed by atoms with Gasteiger partial charge in [-0.15, -0.1) is 0 Å². The summed E-state index contributed by atoms with van der Waals surface area (Å²) in [6.07, 6.45) is 3.61. The van der Waals surface area contributed by atoms with Crippen LogP contribution in [0.4, 0.5) is 4.39 Å². The number of hydrogen-bond donors (Lipinski definition) is 3. The van der Waals surface area contributed by atoms with Crippen molar-refractivity contribution in [3.63, 3.8) is 0 Å². The van der Waals surface area contributed by atoms with Gasteiger partial charge in [-0.3, -0.25) is 4.79 Å². The molecule has 2 heterocycles. The summed E-state index contributed by atoms with van der Waals surface area (Å²) in [5.74, 6) is -0.345. The Kier molecular flexibility index (Phi) is 4.24. The summed E-state index contributed by atoms with van der Waals surface area (Å²) < 4.78 is 14.1. The van der Waals surface area contributed by atoms with E-state index in [9.17, 15) is 9.18 Å². The second-order valence-electron chi connectivity index (χ2n) is 6.44. The van der Waals surface area contributed by atoms with E-state index in [4.69, 9.17) is 0 Å². The summed E-state index contributed by atoms with van der Waals surface area (Å²) in [6, 6.07) is 12.5. The van der Waals surface area contributed by atoms with Crippen LogP contribution in [0.3, 0.4) is 0 Å². The van der Waals surface area contributed by atoms with Crippen molar-refractivity contribution in [2.24, 2.45) is 0 Å². The monoisotopic (exact) mass is 337 g/mol. The summed E-state index contributed by atoms with van der Waals surface area (Å²) in [4.78, 5) is 15.8. The molecule has 1 aromatic heterocycles. The molecule has 4 rings (SSSR count). The number of fused-ring (bicyclic) bond motifs is 1. The highest BCUT2D eigenvalue weighted by atomic mass is 19.1. The van der Waals surface area contributed by atoms with Crippen LogP contribution in [-0.4, -0.2) is 30.0 Å². The first-order chi connectivity index (χ1) is 12.2. The quantitative estimate of drug-likeness (QED) is 0.685. The molecule has 0 unspecified atom stereocenters. The molecular weight excluding hydrogens is 317 g/mol. The van der Waals surface area contributed by atoms with E-state index in [1.165, 1.54) is 6.07 Å². The molecule has 0 aliphatic carbocycles. The SMILES string of the molecule is O=C(NC1CCNCC1)c1c[nH]c2ccc(-c3ccccc3F)cc12. The van der Waals surface area contributed by atoms with Gasteiger partial charge in [-0.25, -0.2) is 4.39 Å². The summed E-state index contributed by atoms with van der Waals surface area (Å²) >= 11 is 0. The van der Waals surface area contributed by atoms with Gasteiger partial charge >= 0.3 is 0 Å². The molecule has 4 nitrogen and oxygen atoms in total. The average Bonchev–Trinajstić information content (AvgIpc) is 3.06. The largest absolute Gasteiger partial charge is 0.360 e. The van der Waals surface area contributed by atoms with E-state index in [2.05, 4.69) is 15.6 Å². The zero-order valence-corrected chi connectivity index (χ0v) is 13.8. The summed E-state index contributed by atoms with van der Waals surface area (Å²) in [5.41, 5.74) is 2.78. The van der Waals surface area contributed by atoms with Gasteiger partial charge in [0.15, 0.2) is 0 Å². The first-order valence-electron chi connectivity index (χ1n) is 8.60. The van der Waals surface area contributed by atoms with Crippen molar-refractivity contribution in [1.82, 2.24) is 15.6 Å². The lowest BCUT2D eigenvalue weighted by molar-refractivity contribution is 0.0931. The zero-order chi connectivity index (χ0) is 17.2. The van der Waals surface area contributed by atoms with Crippen LogP contribution in [-0.2, 0) is 0 Å². The fourth-order valence-corrected chi connectivity index (χ4v) is 3.40. The van der Waals surface area contributed by atoms with Gasteiger partial charge in [0.2, 0.25) is 0 Å². The molecule has 1 aliphatic rings. The van der Waals surface area contributed by atoms with Gasteiger partial charge in [-0.2, -0.15) is 0 Å². The summed E-state index contributed by atoms with van der Waals surface area (Å²) in [5, 5.41) is 7.21. The Balaban J connectivity index is 1.67. The lowest BCUT2D eigenvalue weighted by Gasteiger charge is -2.23. The fraction of sp³-hybridized carbons (Fsp3) is 0.250. The van der Waals surface area contributed by atoms with Crippen LogP contribution >= 0.6 is 0 Å². The Morgan fingerprint density at radius 1 is 1.12 bits per heavy atom. The minimum absolute atomic E-state index is 0.0798. The molecule has 0 spiro atoms. The number of hydrogen-bond acceptors (Lipinski definition) is 2. The maximum atomic E-state index is 14.1. The third-order valence-corrected chi connectivity index (χ3v) is 4.79. The molecule has 1 amide bonds. The van der Waals surface area contributed by atoms with Crippen molar-refractivity contribution in [3.8, 4) is 11.1 Å². The molecule has 2 aromatic carbocycles. The molecule has 1 aliphatic heterocycles. The number of halogens is 1. The van der Waals surface area contributed by atoms with Gasteiger partial charge in [0, 0.05) is 28.7 Å². The number of aromatic amines is 1. The maximum Gasteiger partial charge on any atom is 0.253 e. The summed E-state index contributed by atoms with van der Waals surface area (Å²) in [6.45, 7) is 1.85. The molecule has 3 aromatic rings. The predicted octanol–water partition coefficient (Wildman–Crippen LogP) is 3.46. The van der Waals surface area contributed by atoms with Gasteiger partial charge in [0.05, 0.1) is 5.56 Å². The van der Waals surface area contributed by atoms with E-state index in [0.29, 0.717) is 11.1 Å². The Labute approximate surface area is 145 Å². The Hall–Kier alpha value is -2.66. The number of amides is 1. The molecule has 25 heavy (non-hydrogen) atoms. The lowest BCUT2D eigenvalue weighted by atomic mass is 10.0. The highest BCUT2D eigenvalue weighted by molar-refractivity contribution is 6.07. The fourth-order valence-electron chi connectivity index (χ4n) is 3.40. The van der Waals surface area contributed by atoms with Gasteiger partial charge in [0.1, 0.15) is 5.82 Å². The minimum atomic E-state index is -0.266. The maximum absolute atomic E-state index is 14.1. The molecule has 1 fully saturated rings. The highest BCUT2D eigenvalue weighted by Gasteiger charge is 2.19. The average molecular weight is 337 g/mol. The molecule has 3 N–H and O–H groups in total. The summed E-state index contributed by atoms with van der Waals surface area (Å²) in [7, 11) is 0. The van der Waals surface area contributed by atoms with Gasteiger partial charge in [-0.05, 0) is 49.7 Å². The van der Waals surface area contributed by atoms with E-state index in [-0.39, 0.29) is 17.8 Å². The molecule has 128 valence electrons. The number of carbonyl (C=O) groups excluding carboxylic acids is 1. The standard InChI is InChI=1S/C20H20FN3O/c21-18-4-2-1-3-15(18)13-5-6-19-16(11-13)17(12-23-19)20(25)24-14-7-9-22-10-8-14/h1-6,11-12,14,22-23H,7-10H2,(H,24,25). The second kappa shape index (κ2) is 6.69. The first-order valence-corrected chi connectivity index (χ1v) is 8.60. The molecule has 0 bridgehead atoms. The molecule has 1 saturated heterocycles. The Bertz CT molecular complexity index is 912. The molecule has 0 atom stereocenters. The lowest BCUT2D eigenvalue weighted by Crippen LogP contribution is -2.42. The number of benzene rings is 2. The van der Waals surface area contributed by atoms with Gasteiger partial charge in [-0.1, -0.05) is 24.3 Å². The number of piperidine rings is 1. The molecule has 0 saturated carbocycles. The normalized spacial score (nSPS) is 15.4. The number of H-pyrrole nitrogens is 1. The smallest absolute Gasteiger partial charge is 0.253 e. The van der Waals surface area contributed by atoms with Crippen molar-refractivity contribution in [2.75, 3.05) is 13.1 Å². The number of carbonyl (C=O) groups is 1. The minimum Gasteiger partial charge on any atom is -0.360 e. The van der Waals surface area contributed by atoms with E-state index in [1.54, 1.807) is 18.3 Å². The van der Waals surface area contributed by atoms with Gasteiger partial charge < -0.3 is 15.6 Å². The van der Waals surface area contributed by atoms with Crippen LogP contribution in [0, 0.1) is 5.82 Å². The predicted molar refractivity (Wildman–Crippen MR) is 97.1 cm³/mol. The van der Waals surface area contributed by atoms with E-state index >= 15 is 0 Å². The topological polar surface area (TPSA) is 56.9 Å².